The number of sulfonamides is 1. The van der Waals surface area contributed by atoms with E-state index >= 15 is 0 Å². The molecule has 3 rings (SSSR count). The second-order valence-corrected chi connectivity index (χ2v) is 8.37. The number of carboxylic acid groups (broad SMARTS) is 1. The third kappa shape index (κ3) is 3.32. The molecule has 0 aliphatic carbocycles. The molecule has 1 fully saturated rings. The zero-order chi connectivity index (χ0) is 19.0. The van der Waals surface area contributed by atoms with Crippen molar-refractivity contribution in [1.82, 2.24) is 4.90 Å². The molecule has 1 spiro atoms. The molecule has 0 aromatic heterocycles. The summed E-state index contributed by atoms with van der Waals surface area (Å²) in [6.07, 6.45) is -3.71. The van der Waals surface area contributed by atoms with Gasteiger partial charge in [0.15, 0.2) is 0 Å². The highest BCUT2D eigenvalue weighted by molar-refractivity contribution is 7.94. The molecule has 1 saturated heterocycles. The van der Waals surface area contributed by atoms with Gasteiger partial charge in [-0.15, -0.1) is 0 Å². The van der Waals surface area contributed by atoms with Crippen LogP contribution in [0.2, 0.25) is 0 Å². The van der Waals surface area contributed by atoms with Crippen molar-refractivity contribution in [2.45, 2.75) is 23.8 Å². The van der Waals surface area contributed by atoms with E-state index in [-0.39, 0.29) is 0 Å². The number of nitrogens with zero attached hydrogens (tertiary/aromatic N) is 2. The van der Waals surface area contributed by atoms with E-state index in [1.165, 1.54) is 4.31 Å². The van der Waals surface area contributed by atoms with Gasteiger partial charge in [-0.3, -0.25) is 4.31 Å². The molecule has 1 aromatic carbocycles. The Kier molecular flexibility index (Phi) is 5.06. The zero-order valence-electron chi connectivity index (χ0n) is 13.7. The van der Waals surface area contributed by atoms with Gasteiger partial charge in [0.2, 0.25) is 10.0 Å². The lowest BCUT2D eigenvalue weighted by Crippen LogP contribution is -2.46. The molecule has 2 heterocycles. The zero-order valence-corrected chi connectivity index (χ0v) is 14.6. The fraction of sp³-hybridized carbons (Fsp3) is 0.533. The van der Waals surface area contributed by atoms with E-state index in [1.54, 1.807) is 7.05 Å². The summed E-state index contributed by atoms with van der Waals surface area (Å²) in [6.45, 7) is 1.67. The first kappa shape index (κ1) is 19.5. The summed E-state index contributed by atoms with van der Waals surface area (Å²) >= 11 is 0. The van der Waals surface area contributed by atoms with E-state index < -0.39 is 26.9 Å². The summed E-state index contributed by atoms with van der Waals surface area (Å²) in [5.74, 6) is -2.76. The van der Waals surface area contributed by atoms with Gasteiger partial charge in [0, 0.05) is 7.05 Å². The van der Waals surface area contributed by atoms with Crippen LogP contribution in [-0.4, -0.2) is 57.8 Å². The molecule has 25 heavy (non-hydrogen) atoms. The fourth-order valence-corrected chi connectivity index (χ4v) is 5.26. The molecule has 0 radical (unpaired) electrons. The van der Waals surface area contributed by atoms with E-state index in [9.17, 15) is 21.6 Å². The maximum absolute atomic E-state index is 12.7. The summed E-state index contributed by atoms with van der Waals surface area (Å²) in [5, 5.41) is 7.12. The molecule has 0 atom stereocenters. The van der Waals surface area contributed by atoms with Crippen LogP contribution in [0.1, 0.15) is 18.4 Å². The van der Waals surface area contributed by atoms with Gasteiger partial charge in [0.1, 0.15) is 4.75 Å². The van der Waals surface area contributed by atoms with Gasteiger partial charge >= 0.3 is 12.1 Å². The summed E-state index contributed by atoms with van der Waals surface area (Å²) in [5.41, 5.74) is 1.84. The van der Waals surface area contributed by atoms with Crippen LogP contribution >= 0.6 is 0 Å². The largest absolute Gasteiger partial charge is 0.490 e. The minimum atomic E-state index is -5.08. The van der Waals surface area contributed by atoms with Crippen LogP contribution < -0.4 is 4.31 Å². The molecule has 140 valence electrons. The molecule has 1 N–H and O–H groups in total. The number of fused-ring (bicyclic) bond motifs is 2. The Morgan fingerprint density at radius 1 is 1.16 bits per heavy atom. The Bertz CT molecular complexity index is 756. The number of hydrogen-bond donors (Lipinski definition) is 1. The van der Waals surface area contributed by atoms with Crippen molar-refractivity contribution < 1.29 is 31.5 Å². The highest BCUT2D eigenvalue weighted by Gasteiger charge is 2.55. The predicted octanol–water partition coefficient (Wildman–Crippen LogP) is 2.02. The smallest absolute Gasteiger partial charge is 0.475 e. The van der Waals surface area contributed by atoms with Crippen LogP contribution in [0.3, 0.4) is 0 Å². The number of carbonyl (C=O) groups is 1. The van der Waals surface area contributed by atoms with Gasteiger partial charge in [-0.1, -0.05) is 18.2 Å². The number of anilines is 1. The van der Waals surface area contributed by atoms with Gasteiger partial charge in [-0.25, -0.2) is 13.2 Å². The highest BCUT2D eigenvalue weighted by atomic mass is 32.2. The summed E-state index contributed by atoms with van der Waals surface area (Å²) < 4.78 is 58.0. The number of likely N-dealkylation sites (tertiary alicyclic amines) is 1. The highest BCUT2D eigenvalue weighted by Crippen LogP contribution is 2.51. The maximum atomic E-state index is 12.7. The molecule has 0 saturated carbocycles. The van der Waals surface area contributed by atoms with E-state index in [2.05, 4.69) is 4.90 Å². The first-order valence-corrected chi connectivity index (χ1v) is 8.94. The molecule has 6 nitrogen and oxygen atoms in total. The van der Waals surface area contributed by atoms with Crippen molar-refractivity contribution in [1.29, 1.82) is 0 Å². The Morgan fingerprint density at radius 2 is 1.64 bits per heavy atom. The average molecular weight is 380 g/mol. The van der Waals surface area contributed by atoms with Crippen molar-refractivity contribution in [3.05, 3.63) is 29.8 Å². The molecule has 1 aromatic rings. The first-order valence-electron chi connectivity index (χ1n) is 7.50. The summed E-state index contributed by atoms with van der Waals surface area (Å²) in [4.78, 5) is 11.1. The number of carboxylic acids is 1. The number of aliphatic carboxylic acids is 1. The second-order valence-electron chi connectivity index (χ2n) is 6.09. The number of para-hydroxylation sites is 1. The van der Waals surface area contributed by atoms with Crippen molar-refractivity contribution >= 4 is 21.7 Å². The van der Waals surface area contributed by atoms with Crippen LogP contribution in [-0.2, 0) is 19.6 Å². The average Bonchev–Trinajstić information content (AvgIpc) is 2.69. The first-order chi connectivity index (χ1) is 11.4. The summed E-state index contributed by atoms with van der Waals surface area (Å²) in [7, 11) is 0.449. The standard InChI is InChI=1S/C13H18N2O2S.C2HF3O2/c1-14-9-7-13(8-10-14)11-5-3-4-6-12(11)15(2)18(13,16)17;3-2(4,5)1(6)7/h3-6H,7-10H2,1-2H3;(H,6,7). The van der Waals surface area contributed by atoms with Gasteiger partial charge in [0.25, 0.3) is 0 Å². The van der Waals surface area contributed by atoms with E-state index in [4.69, 9.17) is 9.90 Å². The monoisotopic (exact) mass is 380 g/mol. The third-order valence-corrected chi connectivity index (χ3v) is 7.16. The number of benzene rings is 1. The summed E-state index contributed by atoms with van der Waals surface area (Å²) in [6, 6.07) is 7.72. The van der Waals surface area contributed by atoms with E-state index in [0.29, 0.717) is 12.8 Å². The van der Waals surface area contributed by atoms with Gasteiger partial charge < -0.3 is 10.0 Å². The number of alkyl halides is 3. The van der Waals surface area contributed by atoms with E-state index in [0.717, 1.165) is 24.3 Å². The Hall–Kier alpha value is -1.81. The number of piperidine rings is 1. The van der Waals surface area contributed by atoms with Gasteiger partial charge in [0.05, 0.1) is 5.69 Å². The van der Waals surface area contributed by atoms with Crippen LogP contribution in [0.25, 0.3) is 0 Å². The van der Waals surface area contributed by atoms with Gasteiger partial charge in [-0.05, 0) is 44.6 Å². The molecule has 0 unspecified atom stereocenters. The molecular weight excluding hydrogens is 361 g/mol. The normalized spacial score (nSPS) is 21.4. The minimum absolute atomic E-state index is 0.688. The van der Waals surface area contributed by atoms with Crippen molar-refractivity contribution in [2.75, 3.05) is 31.5 Å². The predicted molar refractivity (Wildman–Crippen MR) is 85.9 cm³/mol. The van der Waals surface area contributed by atoms with Crippen LogP contribution in [0.5, 0.6) is 0 Å². The van der Waals surface area contributed by atoms with Gasteiger partial charge in [-0.2, -0.15) is 13.2 Å². The van der Waals surface area contributed by atoms with Crippen molar-refractivity contribution in [3.63, 3.8) is 0 Å². The van der Waals surface area contributed by atoms with E-state index in [1.807, 2.05) is 31.3 Å². The molecule has 10 heteroatoms. The second kappa shape index (κ2) is 6.49. The molecule has 0 amide bonds. The van der Waals surface area contributed by atoms with Crippen LogP contribution in [0, 0.1) is 0 Å². The van der Waals surface area contributed by atoms with Crippen molar-refractivity contribution in [2.24, 2.45) is 0 Å². The maximum Gasteiger partial charge on any atom is 0.490 e. The lowest BCUT2D eigenvalue weighted by atomic mass is 9.87. The molecule has 0 bridgehead atoms. The molecular formula is C15H19F3N2O4S. The number of rotatable bonds is 0. The van der Waals surface area contributed by atoms with Crippen molar-refractivity contribution in [3.8, 4) is 0 Å². The number of halogens is 3. The topological polar surface area (TPSA) is 77.9 Å². The minimum Gasteiger partial charge on any atom is -0.475 e. The van der Waals surface area contributed by atoms with Crippen LogP contribution in [0.4, 0.5) is 18.9 Å². The lowest BCUT2D eigenvalue weighted by molar-refractivity contribution is -0.192. The Labute approximate surface area is 143 Å². The fourth-order valence-electron chi connectivity index (χ4n) is 3.17. The quantitative estimate of drug-likeness (QED) is 0.745. The Balaban J connectivity index is 0.000000277. The SMILES string of the molecule is CN1CCC2(CC1)c1ccccc1N(C)S2(=O)=O.O=C(O)C(F)(F)F. The molecule has 2 aliphatic rings. The van der Waals surface area contributed by atoms with Crippen LogP contribution in [0.15, 0.2) is 24.3 Å². The lowest BCUT2D eigenvalue weighted by Gasteiger charge is -2.37. The number of hydrogen-bond acceptors (Lipinski definition) is 4. The molecule has 2 aliphatic heterocycles. The Morgan fingerprint density at radius 3 is 2.12 bits per heavy atom. The third-order valence-electron chi connectivity index (χ3n) is 4.63.